The number of hydrogen-bond acceptors (Lipinski definition) is 6. The molecule has 3 rings (SSSR count). The molecule has 0 unspecified atom stereocenters. The van der Waals surface area contributed by atoms with E-state index in [1.807, 2.05) is 18.4 Å². The number of rotatable bonds is 6. The normalized spacial score (nSPS) is 12.8. The Balaban J connectivity index is 2.14. The van der Waals surface area contributed by atoms with Gasteiger partial charge in [0.05, 0.1) is 21.7 Å². The first kappa shape index (κ1) is 20.4. The summed E-state index contributed by atoms with van der Waals surface area (Å²) in [4.78, 5) is 17.6. The zero-order chi connectivity index (χ0) is 20.5. The number of ether oxygens (including phenoxy) is 1. The van der Waals surface area contributed by atoms with Crippen LogP contribution in [0.1, 0.15) is 23.1 Å². The van der Waals surface area contributed by atoms with Gasteiger partial charge in [0.1, 0.15) is 0 Å². The number of nitrogens with zero attached hydrogens (tertiary/aromatic N) is 4. The highest BCUT2D eigenvalue weighted by Gasteiger charge is 2.15. The lowest BCUT2D eigenvalue weighted by molar-refractivity contribution is 0.0992. The van der Waals surface area contributed by atoms with Crippen LogP contribution in [0.3, 0.4) is 0 Å². The van der Waals surface area contributed by atoms with Crippen LogP contribution in [-0.4, -0.2) is 48.6 Å². The number of methoxy groups -OCH3 is 1. The van der Waals surface area contributed by atoms with Crippen LogP contribution in [0.4, 0.5) is 0 Å². The molecule has 0 fully saturated rings. The van der Waals surface area contributed by atoms with Crippen molar-refractivity contribution < 1.29 is 17.9 Å². The van der Waals surface area contributed by atoms with Gasteiger partial charge in [0, 0.05) is 32.1 Å². The molecule has 8 nitrogen and oxygen atoms in total. The number of amides is 1. The lowest BCUT2D eigenvalue weighted by Crippen LogP contribution is -2.19. The van der Waals surface area contributed by atoms with Crippen molar-refractivity contribution in [1.82, 2.24) is 14.3 Å². The van der Waals surface area contributed by atoms with Crippen LogP contribution in [0.25, 0.3) is 10.2 Å². The van der Waals surface area contributed by atoms with Gasteiger partial charge in [-0.2, -0.15) is 10.1 Å². The van der Waals surface area contributed by atoms with Crippen LogP contribution >= 0.6 is 11.3 Å². The Morgan fingerprint density at radius 3 is 2.68 bits per heavy atom. The van der Waals surface area contributed by atoms with E-state index < -0.39 is 15.7 Å². The molecule has 0 aliphatic carbocycles. The molecule has 0 saturated carbocycles. The highest BCUT2D eigenvalue weighted by molar-refractivity contribution is 7.90. The highest BCUT2D eigenvalue weighted by Crippen LogP contribution is 2.22. The van der Waals surface area contributed by atoms with Crippen molar-refractivity contribution >= 4 is 37.3 Å². The summed E-state index contributed by atoms with van der Waals surface area (Å²) in [6.45, 7) is 5.44. The number of carbonyl (C=O) groups is 1. The lowest BCUT2D eigenvalue weighted by atomic mass is 10.3. The number of thiazole rings is 1. The van der Waals surface area contributed by atoms with Crippen LogP contribution in [-0.2, 0) is 27.7 Å². The van der Waals surface area contributed by atoms with E-state index in [2.05, 4.69) is 10.1 Å². The average molecular weight is 423 g/mol. The van der Waals surface area contributed by atoms with E-state index in [9.17, 15) is 13.2 Å². The zero-order valence-corrected chi connectivity index (χ0v) is 17.8. The molecule has 0 saturated heterocycles. The molecule has 0 spiro atoms. The van der Waals surface area contributed by atoms with Crippen molar-refractivity contribution in [2.24, 2.45) is 4.99 Å². The predicted octanol–water partition coefficient (Wildman–Crippen LogP) is 2.02. The largest absolute Gasteiger partial charge is 0.383 e. The summed E-state index contributed by atoms with van der Waals surface area (Å²) in [6, 6.07) is 6.62. The summed E-state index contributed by atoms with van der Waals surface area (Å²) in [5.74, 6) is -0.434. The van der Waals surface area contributed by atoms with Crippen LogP contribution in [0.15, 0.2) is 34.2 Å². The molecule has 0 aliphatic rings. The minimum absolute atomic E-state index is 0.232. The Hall–Kier alpha value is -2.30. The van der Waals surface area contributed by atoms with E-state index in [1.54, 1.807) is 36.1 Å². The van der Waals surface area contributed by atoms with Crippen LogP contribution in [0, 0.1) is 6.92 Å². The molecule has 3 aromatic rings. The van der Waals surface area contributed by atoms with Gasteiger partial charge in [-0.05, 0) is 38.1 Å². The fraction of sp³-hybridized carbons (Fsp3) is 0.389. The molecule has 28 heavy (non-hydrogen) atoms. The summed E-state index contributed by atoms with van der Waals surface area (Å²) < 4.78 is 33.2. The van der Waals surface area contributed by atoms with Gasteiger partial charge in [-0.25, -0.2) is 8.42 Å². The van der Waals surface area contributed by atoms with E-state index in [1.165, 1.54) is 17.6 Å². The molecule has 0 bridgehead atoms. The highest BCUT2D eigenvalue weighted by atomic mass is 32.2. The monoisotopic (exact) mass is 422 g/mol. The molecule has 2 aromatic heterocycles. The number of carbonyl (C=O) groups excluding carboxylic acids is 1. The predicted molar refractivity (Wildman–Crippen MR) is 107 cm³/mol. The summed E-state index contributed by atoms with van der Waals surface area (Å²) in [6.07, 6.45) is 1.17. The summed E-state index contributed by atoms with van der Waals surface area (Å²) in [5.41, 5.74) is 1.98. The number of aryl methyl sites for hydroxylation is 2. The summed E-state index contributed by atoms with van der Waals surface area (Å²) >= 11 is 1.27. The van der Waals surface area contributed by atoms with Crippen molar-refractivity contribution in [3.63, 3.8) is 0 Å². The Labute approximate surface area is 167 Å². The fourth-order valence-electron chi connectivity index (χ4n) is 2.85. The third-order valence-electron chi connectivity index (χ3n) is 4.30. The van der Waals surface area contributed by atoms with Crippen LogP contribution < -0.4 is 4.80 Å². The second-order valence-electron chi connectivity index (χ2n) is 6.33. The molecule has 10 heteroatoms. The smallest absolute Gasteiger partial charge is 0.300 e. The summed E-state index contributed by atoms with van der Waals surface area (Å²) in [5, 5.41) is 4.28. The molecule has 0 radical (unpaired) electrons. The quantitative estimate of drug-likeness (QED) is 0.606. The maximum absolute atomic E-state index is 12.6. The minimum atomic E-state index is -3.32. The van der Waals surface area contributed by atoms with Crippen molar-refractivity contribution in [3.05, 3.63) is 40.5 Å². The lowest BCUT2D eigenvalue weighted by Gasteiger charge is -2.04. The molecule has 0 atom stereocenters. The van der Waals surface area contributed by atoms with Crippen molar-refractivity contribution in [3.8, 4) is 0 Å². The maximum Gasteiger partial charge on any atom is 0.300 e. The van der Waals surface area contributed by atoms with Crippen molar-refractivity contribution in [2.75, 3.05) is 20.0 Å². The van der Waals surface area contributed by atoms with Gasteiger partial charge in [0.25, 0.3) is 5.91 Å². The number of hydrogen-bond donors (Lipinski definition) is 0. The van der Waals surface area contributed by atoms with E-state index in [0.29, 0.717) is 24.5 Å². The number of fused-ring (bicyclic) bond motifs is 1. The molecule has 0 aliphatic heterocycles. The van der Waals surface area contributed by atoms with Gasteiger partial charge in [0.2, 0.25) is 0 Å². The standard InChI is InChI=1S/C18H22N4O4S2/c1-5-22-12(2)10-14(20-22)17(23)19-18-21(8-9-26-3)15-7-6-13(28(4,24)25)11-16(15)27-18/h6-7,10-11H,5,8-9H2,1-4H3. The molecular formula is C18H22N4O4S2. The fourth-order valence-corrected chi connectivity index (χ4v) is 4.66. The van der Waals surface area contributed by atoms with Gasteiger partial charge >= 0.3 is 0 Å². The zero-order valence-electron chi connectivity index (χ0n) is 16.2. The first-order valence-electron chi connectivity index (χ1n) is 8.70. The first-order chi connectivity index (χ1) is 13.2. The Morgan fingerprint density at radius 1 is 1.32 bits per heavy atom. The van der Waals surface area contributed by atoms with E-state index >= 15 is 0 Å². The molecule has 2 heterocycles. The molecule has 1 aromatic carbocycles. The molecule has 150 valence electrons. The Kier molecular flexibility index (Phi) is 5.82. The number of sulfone groups is 1. The van der Waals surface area contributed by atoms with Gasteiger partial charge < -0.3 is 9.30 Å². The second kappa shape index (κ2) is 7.98. The van der Waals surface area contributed by atoms with E-state index in [-0.39, 0.29) is 10.6 Å². The Morgan fingerprint density at radius 2 is 2.07 bits per heavy atom. The third kappa shape index (κ3) is 4.08. The molecular weight excluding hydrogens is 400 g/mol. The van der Waals surface area contributed by atoms with Crippen molar-refractivity contribution in [1.29, 1.82) is 0 Å². The van der Waals surface area contributed by atoms with Gasteiger partial charge in [-0.3, -0.25) is 9.48 Å². The molecule has 1 amide bonds. The van der Waals surface area contributed by atoms with Gasteiger partial charge in [-0.1, -0.05) is 11.3 Å². The third-order valence-corrected chi connectivity index (χ3v) is 6.45. The number of aromatic nitrogens is 3. The SMILES string of the molecule is CCn1nc(C(=O)N=c2sc3cc(S(C)(=O)=O)ccc3n2CCOC)cc1C. The van der Waals surface area contributed by atoms with Gasteiger partial charge in [-0.15, -0.1) is 0 Å². The topological polar surface area (TPSA) is 95.5 Å². The molecule has 0 N–H and O–H groups in total. The van der Waals surface area contributed by atoms with Crippen molar-refractivity contribution in [2.45, 2.75) is 31.8 Å². The van der Waals surface area contributed by atoms with Crippen LogP contribution in [0.5, 0.6) is 0 Å². The van der Waals surface area contributed by atoms with Gasteiger partial charge in [0.15, 0.2) is 20.3 Å². The van der Waals surface area contributed by atoms with E-state index in [0.717, 1.165) is 15.9 Å². The van der Waals surface area contributed by atoms with Crippen LogP contribution in [0.2, 0.25) is 0 Å². The first-order valence-corrected chi connectivity index (χ1v) is 11.4. The second-order valence-corrected chi connectivity index (χ2v) is 9.36. The minimum Gasteiger partial charge on any atom is -0.383 e. The number of benzene rings is 1. The maximum atomic E-state index is 12.6. The Bertz CT molecular complexity index is 1200. The van der Waals surface area contributed by atoms with E-state index in [4.69, 9.17) is 4.74 Å². The summed E-state index contributed by atoms with van der Waals surface area (Å²) in [7, 11) is -1.73. The average Bonchev–Trinajstić information content (AvgIpc) is 3.18.